The smallest absolute Gasteiger partial charge is 0.361 e. The Bertz CT molecular complexity index is 964. The van der Waals surface area contributed by atoms with Gasteiger partial charge in [0.2, 0.25) is 0 Å². The van der Waals surface area contributed by atoms with Crippen LogP contribution in [0.25, 0.3) is 0 Å². The van der Waals surface area contributed by atoms with E-state index in [0.29, 0.717) is 11.1 Å². The van der Waals surface area contributed by atoms with Crippen molar-refractivity contribution in [3.63, 3.8) is 0 Å². The fourth-order valence-electron chi connectivity index (χ4n) is 3.59. The van der Waals surface area contributed by atoms with E-state index >= 15 is 0 Å². The van der Waals surface area contributed by atoms with Crippen molar-refractivity contribution in [1.82, 2.24) is 5.00 Å². The third kappa shape index (κ3) is 6.87. The molecule has 34 heavy (non-hydrogen) atoms. The topological polar surface area (TPSA) is 120 Å². The third-order valence-electron chi connectivity index (χ3n) is 5.20. The molecule has 0 radical (unpaired) electrons. The molecule has 1 aliphatic rings. The summed E-state index contributed by atoms with van der Waals surface area (Å²) in [6.45, 7) is 2.94. The molecular formula is C23H27BNO8P. The maximum atomic E-state index is 12.9. The molecule has 2 unspecified atom stereocenters. The highest BCUT2D eigenvalue weighted by Crippen LogP contribution is 2.35. The molecule has 0 bridgehead atoms. The van der Waals surface area contributed by atoms with Crippen LogP contribution in [0.3, 0.4) is 0 Å². The molecule has 0 saturated carbocycles. The van der Waals surface area contributed by atoms with Crippen molar-refractivity contribution in [3.8, 4) is 0 Å². The molecule has 1 fully saturated rings. The molecule has 1 saturated heterocycles. The van der Waals surface area contributed by atoms with Gasteiger partial charge in [0, 0.05) is 12.6 Å². The number of esters is 3. The van der Waals surface area contributed by atoms with Crippen molar-refractivity contribution in [2.45, 2.75) is 43.9 Å². The number of hydrogen-bond acceptors (Lipinski definition) is 9. The van der Waals surface area contributed by atoms with Gasteiger partial charge in [-0.2, -0.15) is 0 Å². The van der Waals surface area contributed by atoms with Crippen LogP contribution >= 0.6 is 8.73 Å². The summed E-state index contributed by atoms with van der Waals surface area (Å²) in [5, 5.41) is 9.16. The molecule has 2 aromatic carbocycles. The Morgan fingerprint density at radius 3 is 2.03 bits per heavy atom. The fourth-order valence-corrected chi connectivity index (χ4v) is 4.43. The Kier molecular flexibility index (Phi) is 9.59. The zero-order valence-electron chi connectivity index (χ0n) is 18.9. The normalized spacial score (nSPS) is 22.8. The Morgan fingerprint density at radius 1 is 1.00 bits per heavy atom. The lowest BCUT2D eigenvalue weighted by atomic mass is 10.0. The number of carbonyl (C=O) groups is 3. The summed E-state index contributed by atoms with van der Waals surface area (Å²) in [7, 11) is -0.159. The van der Waals surface area contributed by atoms with E-state index in [-0.39, 0.29) is 28.6 Å². The van der Waals surface area contributed by atoms with Gasteiger partial charge >= 0.3 is 25.5 Å². The summed E-state index contributed by atoms with van der Waals surface area (Å²) >= 11 is 0. The van der Waals surface area contributed by atoms with Crippen LogP contribution in [-0.2, 0) is 23.7 Å². The number of rotatable bonds is 10. The minimum Gasteiger partial charge on any atom is -0.463 e. The van der Waals surface area contributed by atoms with E-state index in [1.807, 2.05) is 6.92 Å². The number of hydrogen-bond donors (Lipinski definition) is 2. The van der Waals surface area contributed by atoms with Crippen LogP contribution in [0.4, 0.5) is 0 Å². The maximum Gasteiger partial charge on any atom is 0.361 e. The number of benzene rings is 2. The van der Waals surface area contributed by atoms with Crippen molar-refractivity contribution >= 4 is 34.3 Å². The molecule has 3 rings (SSSR count). The van der Waals surface area contributed by atoms with Gasteiger partial charge in [-0.1, -0.05) is 52.1 Å². The predicted molar refractivity (Wildman–Crippen MR) is 127 cm³/mol. The van der Waals surface area contributed by atoms with Gasteiger partial charge in [-0.15, -0.1) is 0 Å². The second-order valence-electron chi connectivity index (χ2n) is 7.68. The van der Waals surface area contributed by atoms with E-state index in [0.717, 1.165) is 0 Å². The summed E-state index contributed by atoms with van der Waals surface area (Å²) in [5.41, 5.74) is 0.435. The number of carbonyl (C=O) groups excluding carboxylic acids is 3. The number of nitrogens with one attached hydrogen (secondary N) is 1. The first-order valence-corrected chi connectivity index (χ1v) is 11.9. The number of ether oxygens (including phenoxy) is 4. The first kappa shape index (κ1) is 25.8. The summed E-state index contributed by atoms with van der Waals surface area (Å²) in [6.07, 6.45) is -3.52. The second-order valence-corrected chi connectivity index (χ2v) is 9.23. The standard InChI is InChI=1S/C23H27BNO8P/c1-14(34-25-24-29)19-21(33-23(28)17-11-7-4-8-12-17)20(18(31-19)13-30-15(2)26)32-22(27)16-9-5-3-6-10-16/h3-12,14,18-21,24-25,29,34H,13H2,1-2H3/t14-,18?,19-,20+,21-/m1/s1. The lowest BCUT2D eigenvalue weighted by Gasteiger charge is -2.27. The van der Waals surface area contributed by atoms with E-state index < -0.39 is 42.3 Å². The lowest BCUT2D eigenvalue weighted by Crippen LogP contribution is -2.43. The van der Waals surface area contributed by atoms with Gasteiger partial charge in [0.25, 0.3) is 0 Å². The molecule has 1 heterocycles. The highest BCUT2D eigenvalue weighted by atomic mass is 31.1. The van der Waals surface area contributed by atoms with Gasteiger partial charge in [0.05, 0.1) is 11.1 Å². The Labute approximate surface area is 200 Å². The molecule has 0 aromatic heterocycles. The monoisotopic (exact) mass is 487 g/mol. The van der Waals surface area contributed by atoms with Gasteiger partial charge in [0.1, 0.15) is 18.8 Å². The maximum absolute atomic E-state index is 12.9. The summed E-state index contributed by atoms with van der Waals surface area (Å²) < 4.78 is 22.9. The molecule has 9 nitrogen and oxygen atoms in total. The van der Waals surface area contributed by atoms with Crippen LogP contribution in [0.1, 0.15) is 34.6 Å². The van der Waals surface area contributed by atoms with Crippen LogP contribution in [0.2, 0.25) is 0 Å². The van der Waals surface area contributed by atoms with Crippen molar-refractivity contribution in [2.24, 2.45) is 0 Å². The van der Waals surface area contributed by atoms with Crippen molar-refractivity contribution < 1.29 is 38.4 Å². The summed E-state index contributed by atoms with van der Waals surface area (Å²) in [5.74, 6) is -1.74. The van der Waals surface area contributed by atoms with Crippen LogP contribution < -0.4 is 5.00 Å². The molecule has 2 N–H and O–H groups in total. The van der Waals surface area contributed by atoms with Gasteiger partial charge in [-0.05, 0) is 24.3 Å². The van der Waals surface area contributed by atoms with E-state index in [4.69, 9.17) is 24.0 Å². The minimum absolute atomic E-state index is 0.0700. The van der Waals surface area contributed by atoms with Crippen LogP contribution in [0, 0.1) is 0 Å². The highest BCUT2D eigenvalue weighted by molar-refractivity contribution is 7.38. The van der Waals surface area contributed by atoms with Crippen LogP contribution in [-0.4, -0.2) is 67.2 Å². The molecule has 180 valence electrons. The van der Waals surface area contributed by atoms with E-state index in [1.165, 1.54) is 6.92 Å². The highest BCUT2D eigenvalue weighted by Gasteiger charge is 2.51. The molecule has 0 aliphatic carbocycles. The Morgan fingerprint density at radius 2 is 1.53 bits per heavy atom. The van der Waals surface area contributed by atoms with Gasteiger partial charge in [-0.25, -0.2) is 9.59 Å². The van der Waals surface area contributed by atoms with Crippen LogP contribution in [0.15, 0.2) is 60.7 Å². The molecule has 6 atom stereocenters. The zero-order chi connectivity index (χ0) is 24.5. The molecule has 0 spiro atoms. The van der Waals surface area contributed by atoms with Gasteiger partial charge in [-0.3, -0.25) is 4.79 Å². The lowest BCUT2D eigenvalue weighted by molar-refractivity contribution is -0.146. The second kappa shape index (κ2) is 12.6. The minimum atomic E-state index is -1.02. The molecular weight excluding hydrogens is 460 g/mol. The predicted octanol–water partition coefficient (Wildman–Crippen LogP) is 1.60. The third-order valence-corrected chi connectivity index (χ3v) is 6.35. The van der Waals surface area contributed by atoms with E-state index in [1.54, 1.807) is 60.7 Å². The molecule has 0 amide bonds. The summed E-state index contributed by atoms with van der Waals surface area (Å²) in [6, 6.07) is 16.8. The molecule has 2 aromatic rings. The van der Waals surface area contributed by atoms with E-state index in [9.17, 15) is 14.4 Å². The van der Waals surface area contributed by atoms with Crippen molar-refractivity contribution in [1.29, 1.82) is 0 Å². The van der Waals surface area contributed by atoms with Crippen molar-refractivity contribution in [2.75, 3.05) is 6.61 Å². The van der Waals surface area contributed by atoms with Gasteiger partial charge < -0.3 is 29.0 Å². The molecule has 1 aliphatic heterocycles. The Hall–Kier alpha value is -2.78. The first-order chi connectivity index (χ1) is 16.4. The first-order valence-electron chi connectivity index (χ1n) is 10.8. The zero-order valence-corrected chi connectivity index (χ0v) is 19.9. The quantitative estimate of drug-likeness (QED) is 0.223. The average molecular weight is 487 g/mol. The van der Waals surface area contributed by atoms with Crippen LogP contribution in [0.5, 0.6) is 0 Å². The summed E-state index contributed by atoms with van der Waals surface area (Å²) in [4.78, 5) is 40.1. The SMILES string of the molecule is CC(=O)OCC1O[C@H]([C@@H](C)PNBO)[C@@H](OC(=O)c2ccccc2)[C@H]1OC(=O)c1ccccc1. The van der Waals surface area contributed by atoms with Crippen molar-refractivity contribution in [3.05, 3.63) is 71.8 Å². The Balaban J connectivity index is 1.89. The average Bonchev–Trinajstić information content (AvgIpc) is 3.19. The molecule has 11 heteroatoms. The van der Waals surface area contributed by atoms with E-state index in [2.05, 4.69) is 5.00 Å². The van der Waals surface area contributed by atoms with Gasteiger partial charge in [0.15, 0.2) is 12.2 Å². The largest absolute Gasteiger partial charge is 0.463 e. The fraction of sp³-hybridized carbons (Fsp3) is 0.348.